The third-order valence-corrected chi connectivity index (χ3v) is 4.44. The summed E-state index contributed by atoms with van der Waals surface area (Å²) in [5.41, 5.74) is 1.71. The summed E-state index contributed by atoms with van der Waals surface area (Å²) in [5.74, 6) is -0.536. The molecule has 30 heavy (non-hydrogen) atoms. The largest absolute Gasteiger partial charge is 0.487 e. The summed E-state index contributed by atoms with van der Waals surface area (Å²) in [6.45, 7) is 1.84. The lowest BCUT2D eigenvalue weighted by Gasteiger charge is -2.29. The summed E-state index contributed by atoms with van der Waals surface area (Å²) in [6, 6.07) is 14.4. The zero-order valence-corrected chi connectivity index (χ0v) is 16.6. The van der Waals surface area contributed by atoms with E-state index in [9.17, 15) is 14.4 Å². The Morgan fingerprint density at radius 3 is 2.33 bits per heavy atom. The minimum atomic E-state index is -0.667. The minimum absolute atomic E-state index is 0.0670. The molecule has 0 saturated carbocycles. The quantitative estimate of drug-likeness (QED) is 0.681. The van der Waals surface area contributed by atoms with Crippen molar-refractivity contribution in [1.29, 1.82) is 0 Å². The first kappa shape index (κ1) is 20.9. The maximum absolute atomic E-state index is 12.7. The van der Waals surface area contributed by atoms with E-state index in [0.29, 0.717) is 17.0 Å². The van der Waals surface area contributed by atoms with E-state index in [-0.39, 0.29) is 18.8 Å². The molecule has 0 radical (unpaired) electrons. The number of rotatable bonds is 7. The number of methoxy groups -OCH3 is 1. The van der Waals surface area contributed by atoms with Crippen molar-refractivity contribution in [3.05, 3.63) is 77.0 Å². The third kappa shape index (κ3) is 4.78. The van der Waals surface area contributed by atoms with Gasteiger partial charge in [-0.3, -0.25) is 0 Å². The molecule has 0 spiro atoms. The fourth-order valence-electron chi connectivity index (χ4n) is 3.04. The Morgan fingerprint density at radius 1 is 1.00 bits per heavy atom. The van der Waals surface area contributed by atoms with Crippen LogP contribution >= 0.6 is 0 Å². The van der Waals surface area contributed by atoms with E-state index in [1.807, 2.05) is 30.3 Å². The average Bonchev–Trinajstić information content (AvgIpc) is 2.77. The fourth-order valence-corrected chi connectivity index (χ4v) is 3.04. The summed E-state index contributed by atoms with van der Waals surface area (Å²) in [4.78, 5) is 36.5. The number of amides is 2. The molecular formula is C22H22N2O6. The smallest absolute Gasteiger partial charge is 0.338 e. The number of carbonyl (C=O) groups excluding carboxylic acids is 3. The number of hydrogen-bond acceptors (Lipinski definition) is 6. The molecular weight excluding hydrogens is 388 g/mol. The van der Waals surface area contributed by atoms with Crippen molar-refractivity contribution in [2.24, 2.45) is 0 Å². The Labute approximate surface area is 173 Å². The molecule has 156 valence electrons. The monoisotopic (exact) mass is 410 g/mol. The van der Waals surface area contributed by atoms with Gasteiger partial charge in [-0.2, -0.15) is 0 Å². The van der Waals surface area contributed by atoms with Gasteiger partial charge in [0.15, 0.2) is 0 Å². The van der Waals surface area contributed by atoms with Gasteiger partial charge < -0.3 is 24.8 Å². The zero-order chi connectivity index (χ0) is 21.5. The lowest BCUT2D eigenvalue weighted by Crippen LogP contribution is -2.47. The Kier molecular flexibility index (Phi) is 6.69. The third-order valence-electron chi connectivity index (χ3n) is 4.44. The molecule has 0 fully saturated rings. The highest BCUT2D eigenvalue weighted by atomic mass is 16.5. The van der Waals surface area contributed by atoms with Crippen molar-refractivity contribution >= 4 is 18.0 Å². The van der Waals surface area contributed by atoms with Crippen LogP contribution in [0.3, 0.4) is 0 Å². The van der Waals surface area contributed by atoms with Gasteiger partial charge in [-0.15, -0.1) is 0 Å². The molecule has 0 saturated heterocycles. The van der Waals surface area contributed by atoms with E-state index in [1.54, 1.807) is 31.2 Å². The molecule has 1 aliphatic heterocycles. The van der Waals surface area contributed by atoms with Crippen LogP contribution in [0, 0.1) is 0 Å². The summed E-state index contributed by atoms with van der Waals surface area (Å²) >= 11 is 0. The molecule has 0 aromatic heterocycles. The number of nitrogens with one attached hydrogen (secondary N) is 2. The van der Waals surface area contributed by atoms with Crippen molar-refractivity contribution in [3.63, 3.8) is 0 Å². The van der Waals surface area contributed by atoms with E-state index < -0.39 is 24.0 Å². The Morgan fingerprint density at radius 2 is 1.70 bits per heavy atom. The second-order valence-electron chi connectivity index (χ2n) is 6.36. The maximum Gasteiger partial charge on any atom is 0.338 e. The van der Waals surface area contributed by atoms with E-state index in [4.69, 9.17) is 9.47 Å². The summed E-state index contributed by atoms with van der Waals surface area (Å²) in [7, 11) is 1.30. The second kappa shape index (κ2) is 9.60. The first-order valence-corrected chi connectivity index (χ1v) is 9.37. The average molecular weight is 410 g/mol. The van der Waals surface area contributed by atoms with Crippen LogP contribution in [-0.2, 0) is 14.3 Å². The van der Waals surface area contributed by atoms with Crippen LogP contribution in [0.1, 0.15) is 28.9 Å². The van der Waals surface area contributed by atoms with E-state index in [1.165, 1.54) is 7.11 Å². The number of hydrogen-bond donors (Lipinski definition) is 2. The zero-order valence-electron chi connectivity index (χ0n) is 16.6. The Balaban J connectivity index is 1.88. The lowest BCUT2D eigenvalue weighted by atomic mass is 9.95. The van der Waals surface area contributed by atoms with E-state index >= 15 is 0 Å². The molecule has 8 nitrogen and oxygen atoms in total. The second-order valence-corrected chi connectivity index (χ2v) is 6.36. The van der Waals surface area contributed by atoms with Gasteiger partial charge >= 0.3 is 18.0 Å². The molecule has 1 aliphatic rings. The highest BCUT2D eigenvalue weighted by Gasteiger charge is 2.33. The number of esters is 2. The molecule has 1 atom stereocenters. The van der Waals surface area contributed by atoms with Gasteiger partial charge in [-0.1, -0.05) is 30.3 Å². The SMILES string of the molecule is CCOC(=O)C1=C(COc2ccc(C(=O)OC)cc2)NC(=O)N[C@H]1c1ccccc1. The predicted octanol–water partition coefficient (Wildman–Crippen LogP) is 2.72. The topological polar surface area (TPSA) is 103 Å². The van der Waals surface area contributed by atoms with Crippen LogP contribution in [0.15, 0.2) is 65.9 Å². The number of benzene rings is 2. The molecule has 2 aromatic rings. The van der Waals surface area contributed by atoms with E-state index in [0.717, 1.165) is 5.56 Å². The van der Waals surface area contributed by atoms with Crippen LogP contribution in [0.2, 0.25) is 0 Å². The highest BCUT2D eigenvalue weighted by Crippen LogP contribution is 2.28. The number of carbonyl (C=O) groups is 3. The van der Waals surface area contributed by atoms with Crippen molar-refractivity contribution in [3.8, 4) is 5.75 Å². The fraction of sp³-hybridized carbons (Fsp3) is 0.227. The van der Waals surface area contributed by atoms with Crippen LogP contribution in [0.4, 0.5) is 4.79 Å². The van der Waals surface area contributed by atoms with Crippen LogP contribution in [0.25, 0.3) is 0 Å². The normalized spacial score (nSPS) is 15.7. The molecule has 2 amide bonds. The molecule has 2 aromatic carbocycles. The first-order chi connectivity index (χ1) is 14.5. The molecule has 1 heterocycles. The van der Waals surface area contributed by atoms with Gasteiger partial charge in [0.25, 0.3) is 0 Å². The number of ether oxygens (including phenoxy) is 3. The van der Waals surface area contributed by atoms with Crippen molar-refractivity contribution in [2.45, 2.75) is 13.0 Å². The van der Waals surface area contributed by atoms with Gasteiger partial charge in [-0.05, 0) is 36.8 Å². The standard InChI is InChI=1S/C22H22N2O6/c1-3-29-21(26)18-17(13-30-16-11-9-15(10-12-16)20(25)28-2)23-22(27)24-19(18)14-7-5-4-6-8-14/h4-12,19H,3,13H2,1-2H3,(H2,23,24,27)/t19-/m0/s1. The predicted molar refractivity (Wildman–Crippen MR) is 108 cm³/mol. The Hall–Kier alpha value is -3.81. The Bertz CT molecular complexity index is 953. The molecule has 2 N–H and O–H groups in total. The van der Waals surface area contributed by atoms with Crippen molar-refractivity contribution in [1.82, 2.24) is 10.6 Å². The minimum Gasteiger partial charge on any atom is -0.487 e. The van der Waals surface area contributed by atoms with E-state index in [2.05, 4.69) is 15.4 Å². The van der Waals surface area contributed by atoms with Crippen LogP contribution in [0.5, 0.6) is 5.75 Å². The molecule has 0 bridgehead atoms. The molecule has 0 aliphatic carbocycles. The maximum atomic E-state index is 12.7. The van der Waals surface area contributed by atoms with Gasteiger partial charge in [-0.25, -0.2) is 14.4 Å². The molecule has 8 heteroatoms. The first-order valence-electron chi connectivity index (χ1n) is 9.37. The number of urea groups is 1. The summed E-state index contributed by atoms with van der Waals surface area (Å²) in [6.07, 6.45) is 0. The lowest BCUT2D eigenvalue weighted by molar-refractivity contribution is -0.139. The van der Waals surface area contributed by atoms with Gasteiger partial charge in [0, 0.05) is 0 Å². The molecule has 0 unspecified atom stereocenters. The van der Waals surface area contributed by atoms with Crippen molar-refractivity contribution < 1.29 is 28.6 Å². The van der Waals surface area contributed by atoms with Crippen LogP contribution in [-0.4, -0.2) is 38.3 Å². The van der Waals surface area contributed by atoms with Gasteiger partial charge in [0.2, 0.25) is 0 Å². The van der Waals surface area contributed by atoms with Crippen molar-refractivity contribution in [2.75, 3.05) is 20.3 Å². The van der Waals surface area contributed by atoms with Gasteiger partial charge in [0.05, 0.1) is 36.6 Å². The molecule has 3 rings (SSSR count). The summed E-state index contributed by atoms with van der Waals surface area (Å²) in [5, 5.41) is 5.41. The highest BCUT2D eigenvalue weighted by molar-refractivity contribution is 5.95. The summed E-state index contributed by atoms with van der Waals surface area (Å²) < 4.78 is 15.6. The van der Waals surface area contributed by atoms with Gasteiger partial charge in [0.1, 0.15) is 12.4 Å². The van der Waals surface area contributed by atoms with Crippen LogP contribution < -0.4 is 15.4 Å².